The lowest BCUT2D eigenvalue weighted by Crippen LogP contribution is -2.24. The molecule has 2 bridgehead atoms. The first-order valence-corrected chi connectivity index (χ1v) is 10.2. The molecule has 10 heteroatoms. The van der Waals surface area contributed by atoms with Gasteiger partial charge in [-0.05, 0) is 23.8 Å². The zero-order valence-electron chi connectivity index (χ0n) is 17.3. The number of imidazole rings is 1. The summed E-state index contributed by atoms with van der Waals surface area (Å²) in [6.07, 6.45) is 5.23. The van der Waals surface area contributed by atoms with Crippen LogP contribution in [-0.4, -0.2) is 29.3 Å². The van der Waals surface area contributed by atoms with Crippen molar-refractivity contribution in [2.75, 3.05) is 5.43 Å². The zero-order valence-corrected chi connectivity index (χ0v) is 17.3. The predicted octanol–water partition coefficient (Wildman–Crippen LogP) is 2.89. The topological polar surface area (TPSA) is 109 Å². The molecule has 0 amide bonds. The highest BCUT2D eigenvalue weighted by atomic mass is 19.1. The lowest BCUT2D eigenvalue weighted by atomic mass is 9.88. The summed E-state index contributed by atoms with van der Waals surface area (Å²) < 4.78 is 17.9. The molecule has 0 fully saturated rings. The highest BCUT2D eigenvalue weighted by molar-refractivity contribution is 5.70. The van der Waals surface area contributed by atoms with Crippen LogP contribution in [-0.2, 0) is 13.6 Å². The molecule has 0 saturated carbocycles. The third kappa shape index (κ3) is 2.58. The lowest BCUT2D eigenvalue weighted by Gasteiger charge is -2.23. The Morgan fingerprint density at radius 2 is 2.16 bits per heavy atom. The van der Waals surface area contributed by atoms with Crippen LogP contribution in [0.2, 0.25) is 0 Å². The van der Waals surface area contributed by atoms with Crippen LogP contribution < -0.4 is 10.9 Å². The van der Waals surface area contributed by atoms with Gasteiger partial charge in [-0.15, -0.1) is 0 Å². The van der Waals surface area contributed by atoms with Crippen molar-refractivity contribution in [3.63, 3.8) is 0 Å². The monoisotopic (exact) mass is 427 g/mol. The molecule has 6 rings (SSSR count). The number of benzene rings is 1. The minimum atomic E-state index is -0.308. The van der Waals surface area contributed by atoms with Crippen LogP contribution in [0.1, 0.15) is 41.5 Å². The predicted molar refractivity (Wildman–Crippen MR) is 114 cm³/mol. The molecule has 2 N–H and O–H groups in total. The Balaban J connectivity index is 1.69. The fraction of sp³-hybridized carbons (Fsp3) is 0.227. The van der Waals surface area contributed by atoms with Crippen molar-refractivity contribution in [3.8, 4) is 28.7 Å². The number of fused-ring (bicyclic) bond motifs is 6. The summed E-state index contributed by atoms with van der Waals surface area (Å²) in [5, 5.41) is 14.4. The maximum Gasteiger partial charge on any atom is 0.163 e. The molecule has 2 unspecified atom stereocenters. The van der Waals surface area contributed by atoms with Crippen molar-refractivity contribution in [3.05, 3.63) is 65.3 Å². The Hall–Kier alpha value is -4.10. The van der Waals surface area contributed by atoms with Crippen LogP contribution in [0.3, 0.4) is 0 Å². The Labute approximate surface area is 182 Å². The van der Waals surface area contributed by atoms with E-state index in [1.165, 1.54) is 6.07 Å². The molecule has 1 aromatic carbocycles. The van der Waals surface area contributed by atoms with E-state index in [2.05, 4.69) is 32.0 Å². The smallest absolute Gasteiger partial charge is 0.163 e. The first kappa shape index (κ1) is 18.7. The number of aromatic nitrogens is 6. The summed E-state index contributed by atoms with van der Waals surface area (Å²) in [5.41, 5.74) is 11.0. The Morgan fingerprint density at radius 3 is 3.00 bits per heavy atom. The number of nitriles is 1. The molecule has 0 spiro atoms. The molecule has 158 valence electrons. The summed E-state index contributed by atoms with van der Waals surface area (Å²) in [7, 11) is 1.74. The van der Waals surface area contributed by atoms with Crippen LogP contribution in [0.5, 0.6) is 0 Å². The van der Waals surface area contributed by atoms with E-state index in [1.54, 1.807) is 36.3 Å². The van der Waals surface area contributed by atoms with Crippen LogP contribution in [0.25, 0.3) is 22.6 Å². The third-order valence-electron chi connectivity index (χ3n) is 6.20. The molecule has 2 aliphatic rings. The number of hydrogen-bond donors (Lipinski definition) is 2. The molecular formula is C22H18FN9. The van der Waals surface area contributed by atoms with Crippen LogP contribution in [0.4, 0.5) is 10.2 Å². The Morgan fingerprint density at radius 1 is 1.28 bits per heavy atom. The molecule has 0 radical (unpaired) electrons. The summed E-state index contributed by atoms with van der Waals surface area (Å²) in [5.74, 6) is 0.874. The number of anilines is 1. The molecule has 2 aliphatic heterocycles. The van der Waals surface area contributed by atoms with E-state index >= 15 is 0 Å². The number of hydrogen-bond acceptors (Lipinski definition) is 7. The van der Waals surface area contributed by atoms with Crippen LogP contribution in [0.15, 0.2) is 36.8 Å². The van der Waals surface area contributed by atoms with E-state index < -0.39 is 0 Å². The summed E-state index contributed by atoms with van der Waals surface area (Å²) in [4.78, 5) is 14.0. The number of nitrogens with one attached hydrogen (secondary N) is 2. The van der Waals surface area contributed by atoms with E-state index in [9.17, 15) is 9.65 Å². The highest BCUT2D eigenvalue weighted by Crippen LogP contribution is 2.41. The maximum atomic E-state index is 14.3. The third-order valence-corrected chi connectivity index (χ3v) is 6.20. The van der Waals surface area contributed by atoms with Gasteiger partial charge in [0.05, 0.1) is 35.7 Å². The molecule has 0 saturated heterocycles. The van der Waals surface area contributed by atoms with Crippen molar-refractivity contribution in [2.45, 2.75) is 25.4 Å². The van der Waals surface area contributed by atoms with Gasteiger partial charge in [-0.25, -0.2) is 24.8 Å². The van der Waals surface area contributed by atoms with Gasteiger partial charge < -0.3 is 9.99 Å². The number of rotatable bonds is 0. The molecule has 5 heterocycles. The highest BCUT2D eigenvalue weighted by Gasteiger charge is 2.34. The van der Waals surface area contributed by atoms with Gasteiger partial charge in [0.15, 0.2) is 5.82 Å². The average Bonchev–Trinajstić information content (AvgIpc) is 3.49. The number of nitrogens with zero attached hydrogens (tertiary/aromatic N) is 7. The van der Waals surface area contributed by atoms with Gasteiger partial charge in [-0.2, -0.15) is 10.4 Å². The first-order chi connectivity index (χ1) is 15.5. The summed E-state index contributed by atoms with van der Waals surface area (Å²) in [6.45, 7) is 2.40. The van der Waals surface area contributed by atoms with E-state index in [1.807, 2.05) is 17.7 Å². The van der Waals surface area contributed by atoms with Crippen LogP contribution >= 0.6 is 0 Å². The first-order valence-electron chi connectivity index (χ1n) is 10.2. The molecule has 0 aliphatic carbocycles. The van der Waals surface area contributed by atoms with Crippen molar-refractivity contribution >= 4 is 5.82 Å². The second kappa shape index (κ2) is 6.70. The average molecular weight is 427 g/mol. The molecule has 2 atom stereocenters. The van der Waals surface area contributed by atoms with Gasteiger partial charge in [0.1, 0.15) is 29.1 Å². The quantitative estimate of drug-likeness (QED) is 0.444. The van der Waals surface area contributed by atoms with Gasteiger partial charge in [-0.1, -0.05) is 6.92 Å². The minimum Gasteiger partial charge on any atom is -0.325 e. The molecular weight excluding hydrogens is 409 g/mol. The van der Waals surface area contributed by atoms with Crippen molar-refractivity contribution in [1.82, 2.24) is 34.7 Å². The van der Waals surface area contributed by atoms with Gasteiger partial charge in [0.25, 0.3) is 0 Å². The standard InChI is InChI=1S/C22H18FN9/c1-11-14-7-12(23)3-4-13(14)22-25-5-6-32(22)10-16-18(17(8-24)31(2)30-16)15-9-26-21-20(27-15)19(11)28-29-21/h3-7,9,11,19,28H,10H2,1-2H3,(H,26,29). The normalized spacial score (nSPS) is 18.4. The van der Waals surface area contributed by atoms with Crippen LogP contribution in [0, 0.1) is 17.1 Å². The largest absolute Gasteiger partial charge is 0.325 e. The second-order valence-electron chi connectivity index (χ2n) is 8.04. The maximum absolute atomic E-state index is 14.3. The van der Waals surface area contributed by atoms with E-state index in [0.717, 1.165) is 11.1 Å². The summed E-state index contributed by atoms with van der Waals surface area (Å²) in [6, 6.07) is 6.76. The Kier molecular flexibility index (Phi) is 3.90. The minimum absolute atomic E-state index is 0.146. The van der Waals surface area contributed by atoms with Crippen molar-refractivity contribution in [1.29, 1.82) is 5.26 Å². The second-order valence-corrected chi connectivity index (χ2v) is 8.04. The zero-order chi connectivity index (χ0) is 22.0. The summed E-state index contributed by atoms with van der Waals surface area (Å²) >= 11 is 0. The fourth-order valence-corrected chi connectivity index (χ4v) is 4.64. The fourth-order valence-electron chi connectivity index (χ4n) is 4.64. The molecule has 32 heavy (non-hydrogen) atoms. The number of hydrazine groups is 1. The molecule has 9 nitrogen and oxygen atoms in total. The van der Waals surface area contributed by atoms with Gasteiger partial charge in [0, 0.05) is 30.9 Å². The lowest BCUT2D eigenvalue weighted by molar-refractivity contribution is 0.517. The molecule has 3 aromatic heterocycles. The van der Waals surface area contributed by atoms with Gasteiger partial charge >= 0.3 is 0 Å². The molecule has 4 aromatic rings. The van der Waals surface area contributed by atoms with E-state index in [0.29, 0.717) is 46.5 Å². The van der Waals surface area contributed by atoms with Gasteiger partial charge in [-0.3, -0.25) is 4.68 Å². The van der Waals surface area contributed by atoms with E-state index in [4.69, 9.17) is 4.98 Å². The Bertz CT molecular complexity index is 1430. The number of halogens is 1. The SMILES string of the molecule is CC1c2cc(F)ccc2-c2nccn2Cc2nn(C)c(C#N)c2-c2cnc3c(n2)C1NN3. The van der Waals surface area contributed by atoms with Crippen molar-refractivity contribution < 1.29 is 4.39 Å². The van der Waals surface area contributed by atoms with Gasteiger partial charge in [0.2, 0.25) is 0 Å². The number of aryl methyl sites for hydroxylation is 1. The van der Waals surface area contributed by atoms with Crippen molar-refractivity contribution in [2.24, 2.45) is 7.05 Å². The van der Waals surface area contributed by atoms with E-state index in [-0.39, 0.29) is 17.8 Å².